The summed E-state index contributed by atoms with van der Waals surface area (Å²) in [6, 6.07) is 10.3. The van der Waals surface area contributed by atoms with Gasteiger partial charge in [-0.05, 0) is 12.0 Å². The van der Waals surface area contributed by atoms with E-state index in [4.69, 9.17) is 0 Å². The van der Waals surface area contributed by atoms with Gasteiger partial charge >= 0.3 is 0 Å². The molecule has 1 saturated carbocycles. The van der Waals surface area contributed by atoms with Gasteiger partial charge in [0.2, 0.25) is 5.91 Å². The van der Waals surface area contributed by atoms with E-state index >= 15 is 0 Å². The first kappa shape index (κ1) is 10.2. The molecule has 0 radical (unpaired) electrons. The number of benzene rings is 1. The minimum atomic E-state index is 0.0720. The molecule has 80 valence electrons. The molecule has 2 nitrogen and oxygen atoms in total. The van der Waals surface area contributed by atoms with Crippen molar-refractivity contribution in [1.82, 2.24) is 4.90 Å². The Morgan fingerprint density at radius 3 is 2.47 bits per heavy atom. The zero-order valence-corrected chi connectivity index (χ0v) is 9.53. The minimum absolute atomic E-state index is 0.0720. The summed E-state index contributed by atoms with van der Waals surface area (Å²) >= 11 is 0. The Morgan fingerprint density at radius 1 is 1.33 bits per heavy atom. The molecule has 0 heterocycles. The summed E-state index contributed by atoms with van der Waals surface area (Å²) in [7, 11) is 3.65. The summed E-state index contributed by atoms with van der Waals surface area (Å²) < 4.78 is 0. The van der Waals surface area contributed by atoms with E-state index in [2.05, 4.69) is 19.1 Å². The van der Waals surface area contributed by atoms with E-state index in [1.807, 2.05) is 32.3 Å². The van der Waals surface area contributed by atoms with Gasteiger partial charge in [-0.15, -0.1) is 0 Å². The van der Waals surface area contributed by atoms with E-state index in [9.17, 15) is 4.79 Å². The van der Waals surface area contributed by atoms with Crippen molar-refractivity contribution in [2.75, 3.05) is 14.1 Å². The lowest BCUT2D eigenvalue weighted by atomic mass is 9.95. The molecule has 0 bridgehead atoms. The van der Waals surface area contributed by atoms with Crippen LogP contribution in [0.3, 0.4) is 0 Å². The number of carbonyl (C=O) groups is 1. The van der Waals surface area contributed by atoms with E-state index in [1.54, 1.807) is 4.90 Å². The third-order valence-electron chi connectivity index (χ3n) is 3.41. The molecule has 1 fully saturated rings. The Morgan fingerprint density at radius 2 is 1.93 bits per heavy atom. The van der Waals surface area contributed by atoms with Gasteiger partial charge in [-0.25, -0.2) is 0 Å². The first-order valence-electron chi connectivity index (χ1n) is 5.32. The predicted octanol–water partition coefficient (Wildman–Crippen LogP) is 2.05. The fraction of sp³-hybridized carbons (Fsp3) is 0.462. The van der Waals surface area contributed by atoms with Crippen LogP contribution in [-0.4, -0.2) is 24.9 Å². The maximum atomic E-state index is 11.8. The van der Waals surface area contributed by atoms with Crippen LogP contribution >= 0.6 is 0 Å². The van der Waals surface area contributed by atoms with Gasteiger partial charge in [-0.3, -0.25) is 4.79 Å². The fourth-order valence-electron chi connectivity index (χ4n) is 2.17. The standard InChI is InChI=1S/C13H17NO/c1-13(10-7-5-4-6-8-10)9-11(13)12(15)14(2)3/h4-8,11H,9H2,1-3H3/t11-,13-/m1/s1. The average molecular weight is 203 g/mol. The number of nitrogens with zero attached hydrogens (tertiary/aromatic N) is 1. The van der Waals surface area contributed by atoms with Crippen LogP contribution in [0.1, 0.15) is 18.9 Å². The van der Waals surface area contributed by atoms with Crippen molar-refractivity contribution >= 4 is 5.91 Å². The second-order valence-electron chi connectivity index (χ2n) is 4.77. The fourth-order valence-corrected chi connectivity index (χ4v) is 2.17. The largest absolute Gasteiger partial charge is 0.349 e. The minimum Gasteiger partial charge on any atom is -0.349 e. The van der Waals surface area contributed by atoms with E-state index in [0.29, 0.717) is 0 Å². The molecule has 2 rings (SSSR count). The van der Waals surface area contributed by atoms with Gasteiger partial charge in [0.05, 0.1) is 0 Å². The first-order chi connectivity index (χ1) is 7.05. The Balaban J connectivity index is 2.17. The average Bonchev–Trinajstić information content (AvgIpc) is 2.92. The van der Waals surface area contributed by atoms with Crippen LogP contribution in [0.15, 0.2) is 30.3 Å². The third-order valence-corrected chi connectivity index (χ3v) is 3.41. The topological polar surface area (TPSA) is 20.3 Å². The van der Waals surface area contributed by atoms with Crippen LogP contribution in [0, 0.1) is 5.92 Å². The molecule has 2 heteroatoms. The second-order valence-corrected chi connectivity index (χ2v) is 4.77. The van der Waals surface area contributed by atoms with Crippen LogP contribution in [0.2, 0.25) is 0 Å². The summed E-state index contributed by atoms with van der Waals surface area (Å²) in [5, 5.41) is 0. The maximum Gasteiger partial charge on any atom is 0.226 e. The summed E-state index contributed by atoms with van der Waals surface area (Å²) in [6.45, 7) is 2.17. The van der Waals surface area contributed by atoms with Gasteiger partial charge in [0.1, 0.15) is 0 Å². The Labute approximate surface area is 90.9 Å². The lowest BCUT2D eigenvalue weighted by Crippen LogP contribution is -2.26. The lowest BCUT2D eigenvalue weighted by Gasteiger charge is -2.14. The van der Waals surface area contributed by atoms with Crippen LogP contribution in [0.25, 0.3) is 0 Å². The van der Waals surface area contributed by atoms with Gasteiger partial charge in [0, 0.05) is 25.4 Å². The van der Waals surface area contributed by atoms with Crippen molar-refractivity contribution in [3.05, 3.63) is 35.9 Å². The van der Waals surface area contributed by atoms with Gasteiger partial charge < -0.3 is 4.90 Å². The maximum absolute atomic E-state index is 11.8. The van der Waals surface area contributed by atoms with Crippen molar-refractivity contribution in [2.45, 2.75) is 18.8 Å². The molecule has 1 aliphatic carbocycles. The Hall–Kier alpha value is -1.31. The summed E-state index contributed by atoms with van der Waals surface area (Å²) in [5.41, 5.74) is 1.35. The van der Waals surface area contributed by atoms with Crippen LogP contribution in [0.5, 0.6) is 0 Å². The van der Waals surface area contributed by atoms with Crippen LogP contribution in [-0.2, 0) is 10.2 Å². The summed E-state index contributed by atoms with van der Waals surface area (Å²) in [6.07, 6.45) is 0.980. The van der Waals surface area contributed by atoms with E-state index in [1.165, 1.54) is 5.56 Å². The SMILES string of the molecule is CN(C)C(=O)[C@H]1C[C@]1(C)c1ccccc1. The number of hydrogen-bond donors (Lipinski definition) is 0. The lowest BCUT2D eigenvalue weighted by molar-refractivity contribution is -0.130. The molecule has 0 spiro atoms. The van der Waals surface area contributed by atoms with Crippen molar-refractivity contribution in [2.24, 2.45) is 5.92 Å². The summed E-state index contributed by atoms with van der Waals surface area (Å²) in [5.74, 6) is 0.427. The number of hydrogen-bond acceptors (Lipinski definition) is 1. The van der Waals surface area contributed by atoms with Crippen molar-refractivity contribution < 1.29 is 4.79 Å². The molecule has 0 aliphatic heterocycles. The molecule has 0 saturated heterocycles. The van der Waals surface area contributed by atoms with Crippen LogP contribution < -0.4 is 0 Å². The molecule has 0 N–H and O–H groups in total. The molecule has 2 atom stereocenters. The molecule has 1 aromatic carbocycles. The molecule has 0 aromatic heterocycles. The van der Waals surface area contributed by atoms with E-state index in [-0.39, 0.29) is 17.2 Å². The van der Waals surface area contributed by atoms with Crippen molar-refractivity contribution in [1.29, 1.82) is 0 Å². The molecule has 1 amide bonds. The second kappa shape index (κ2) is 3.37. The number of amides is 1. The normalized spacial score (nSPS) is 28.6. The van der Waals surface area contributed by atoms with Gasteiger partial charge in [0.15, 0.2) is 0 Å². The number of rotatable bonds is 2. The highest BCUT2D eigenvalue weighted by molar-refractivity contribution is 5.83. The molecule has 1 aromatic rings. The zero-order valence-electron chi connectivity index (χ0n) is 9.53. The molecular formula is C13H17NO. The first-order valence-corrected chi connectivity index (χ1v) is 5.32. The zero-order chi connectivity index (χ0) is 11.1. The quantitative estimate of drug-likeness (QED) is 0.720. The van der Waals surface area contributed by atoms with E-state index < -0.39 is 0 Å². The molecule has 1 aliphatic rings. The summed E-state index contributed by atoms with van der Waals surface area (Å²) in [4.78, 5) is 13.5. The third kappa shape index (κ3) is 1.65. The smallest absolute Gasteiger partial charge is 0.226 e. The molecule has 15 heavy (non-hydrogen) atoms. The highest BCUT2D eigenvalue weighted by atomic mass is 16.2. The molecular weight excluding hydrogens is 186 g/mol. The Kier molecular flexibility index (Phi) is 2.29. The van der Waals surface area contributed by atoms with Crippen molar-refractivity contribution in [3.8, 4) is 0 Å². The van der Waals surface area contributed by atoms with E-state index in [0.717, 1.165) is 6.42 Å². The monoisotopic (exact) mass is 203 g/mol. The highest BCUT2D eigenvalue weighted by Gasteiger charge is 2.55. The predicted molar refractivity (Wildman–Crippen MR) is 60.6 cm³/mol. The highest BCUT2D eigenvalue weighted by Crippen LogP contribution is 2.54. The van der Waals surface area contributed by atoms with Crippen LogP contribution in [0.4, 0.5) is 0 Å². The van der Waals surface area contributed by atoms with Gasteiger partial charge in [-0.2, -0.15) is 0 Å². The molecule has 0 unspecified atom stereocenters. The Bertz CT molecular complexity index is 371. The van der Waals surface area contributed by atoms with Gasteiger partial charge in [-0.1, -0.05) is 37.3 Å². The van der Waals surface area contributed by atoms with Crippen molar-refractivity contribution in [3.63, 3.8) is 0 Å². The number of carbonyl (C=O) groups excluding carboxylic acids is 1. The van der Waals surface area contributed by atoms with Gasteiger partial charge in [0.25, 0.3) is 0 Å².